The Hall–Kier alpha value is -2.12. The van der Waals surface area contributed by atoms with E-state index >= 15 is 0 Å². The Balaban J connectivity index is 1.52. The van der Waals surface area contributed by atoms with E-state index in [1.807, 2.05) is 34.1 Å². The highest BCUT2D eigenvalue weighted by molar-refractivity contribution is 5.79. The molecule has 0 aromatic heterocycles. The van der Waals surface area contributed by atoms with Crippen LogP contribution in [0.25, 0.3) is 0 Å². The van der Waals surface area contributed by atoms with Gasteiger partial charge < -0.3 is 19.3 Å². The fraction of sp³-hybridized carbons (Fsp3) is 0.619. The molecule has 2 saturated heterocycles. The average Bonchev–Trinajstić information content (AvgIpc) is 3.19. The van der Waals surface area contributed by atoms with Crippen LogP contribution in [0.2, 0.25) is 0 Å². The molecule has 7 heteroatoms. The smallest absolute Gasteiger partial charge is 0.227 e. The van der Waals surface area contributed by atoms with Gasteiger partial charge in [-0.1, -0.05) is 12.1 Å². The van der Waals surface area contributed by atoms with Crippen molar-refractivity contribution in [1.29, 1.82) is 0 Å². The summed E-state index contributed by atoms with van der Waals surface area (Å²) in [5, 5.41) is 0. The van der Waals surface area contributed by atoms with Gasteiger partial charge in [-0.15, -0.1) is 0 Å². The second-order valence-electron chi connectivity index (χ2n) is 7.48. The molecular formula is C21H31N3O4. The number of hydrogen-bond acceptors (Lipinski definition) is 5. The Labute approximate surface area is 167 Å². The fourth-order valence-electron chi connectivity index (χ4n) is 3.96. The van der Waals surface area contributed by atoms with Crippen LogP contribution in [-0.4, -0.2) is 92.1 Å². The topological polar surface area (TPSA) is 62.3 Å². The lowest BCUT2D eigenvalue weighted by Crippen LogP contribution is -2.47. The molecular weight excluding hydrogens is 358 g/mol. The third-order valence-corrected chi connectivity index (χ3v) is 5.61. The third kappa shape index (κ3) is 5.45. The van der Waals surface area contributed by atoms with E-state index in [2.05, 4.69) is 4.90 Å². The van der Waals surface area contributed by atoms with Crippen LogP contribution >= 0.6 is 0 Å². The van der Waals surface area contributed by atoms with Gasteiger partial charge in [-0.2, -0.15) is 0 Å². The minimum Gasteiger partial charge on any atom is -0.497 e. The number of carbonyl (C=O) groups excluding carboxylic acids is 2. The van der Waals surface area contributed by atoms with Crippen molar-refractivity contribution in [2.45, 2.75) is 25.8 Å². The molecule has 0 N–H and O–H groups in total. The van der Waals surface area contributed by atoms with Crippen LogP contribution in [-0.2, 0) is 20.7 Å². The Morgan fingerprint density at radius 1 is 1.25 bits per heavy atom. The maximum atomic E-state index is 12.7. The van der Waals surface area contributed by atoms with Crippen LogP contribution in [0, 0.1) is 0 Å². The van der Waals surface area contributed by atoms with Gasteiger partial charge in [0.25, 0.3) is 0 Å². The lowest BCUT2D eigenvalue weighted by atomic mass is 10.1. The van der Waals surface area contributed by atoms with Gasteiger partial charge in [0.15, 0.2) is 0 Å². The monoisotopic (exact) mass is 389 g/mol. The molecule has 2 amide bonds. The number of benzene rings is 1. The van der Waals surface area contributed by atoms with Gasteiger partial charge in [-0.25, -0.2) is 0 Å². The summed E-state index contributed by atoms with van der Waals surface area (Å²) >= 11 is 0. The van der Waals surface area contributed by atoms with Gasteiger partial charge in [-0.3, -0.25) is 14.5 Å². The maximum absolute atomic E-state index is 12.7. The van der Waals surface area contributed by atoms with Crippen molar-refractivity contribution < 1.29 is 19.1 Å². The Morgan fingerprint density at radius 2 is 2.04 bits per heavy atom. The molecule has 28 heavy (non-hydrogen) atoms. The standard InChI is InChI=1S/C21H31N3O4/c1-17(25)24(9-8-22-10-12-28-13-11-22)19-6-7-23(16-19)21(26)15-18-4-3-5-20(14-18)27-2/h3-5,14,19H,6-13,15-16H2,1-2H3. The molecule has 1 atom stereocenters. The second-order valence-corrected chi connectivity index (χ2v) is 7.48. The Kier molecular flexibility index (Phi) is 7.28. The van der Waals surface area contributed by atoms with Crippen molar-refractivity contribution in [3.8, 4) is 5.75 Å². The van der Waals surface area contributed by atoms with Crippen LogP contribution in [0.1, 0.15) is 18.9 Å². The molecule has 0 spiro atoms. The van der Waals surface area contributed by atoms with Crippen molar-refractivity contribution in [3.63, 3.8) is 0 Å². The summed E-state index contributed by atoms with van der Waals surface area (Å²) < 4.78 is 10.6. The van der Waals surface area contributed by atoms with Crippen molar-refractivity contribution in [2.75, 3.05) is 59.6 Å². The number of nitrogens with zero attached hydrogens (tertiary/aromatic N) is 3. The number of methoxy groups -OCH3 is 1. The molecule has 1 aromatic rings. The number of ether oxygens (including phenoxy) is 2. The first-order chi connectivity index (χ1) is 13.6. The van der Waals surface area contributed by atoms with Crippen LogP contribution in [0.4, 0.5) is 0 Å². The first-order valence-corrected chi connectivity index (χ1v) is 10.0. The molecule has 0 saturated carbocycles. The van der Waals surface area contributed by atoms with Crippen LogP contribution in [0.5, 0.6) is 5.75 Å². The van der Waals surface area contributed by atoms with Crippen molar-refractivity contribution in [2.24, 2.45) is 0 Å². The highest BCUT2D eigenvalue weighted by Gasteiger charge is 2.31. The lowest BCUT2D eigenvalue weighted by molar-refractivity contribution is -0.133. The van der Waals surface area contributed by atoms with Crippen molar-refractivity contribution in [1.82, 2.24) is 14.7 Å². The number of morpholine rings is 1. The summed E-state index contributed by atoms with van der Waals surface area (Å²) in [6.45, 7) is 7.87. The Morgan fingerprint density at radius 3 is 2.75 bits per heavy atom. The van der Waals surface area contributed by atoms with Crippen molar-refractivity contribution in [3.05, 3.63) is 29.8 Å². The quantitative estimate of drug-likeness (QED) is 0.697. The summed E-state index contributed by atoms with van der Waals surface area (Å²) in [4.78, 5) is 31.1. The van der Waals surface area contributed by atoms with Crippen LogP contribution in [0.3, 0.4) is 0 Å². The molecule has 1 aromatic carbocycles. The average molecular weight is 389 g/mol. The van der Waals surface area contributed by atoms with Gasteiger partial charge in [0.2, 0.25) is 11.8 Å². The van der Waals surface area contributed by atoms with Crippen LogP contribution < -0.4 is 4.74 Å². The molecule has 0 radical (unpaired) electrons. The molecule has 2 heterocycles. The minimum absolute atomic E-state index is 0.0837. The van der Waals surface area contributed by atoms with Gasteiger partial charge in [-0.05, 0) is 24.1 Å². The van der Waals surface area contributed by atoms with Gasteiger partial charge >= 0.3 is 0 Å². The van der Waals surface area contributed by atoms with E-state index in [-0.39, 0.29) is 17.9 Å². The van der Waals surface area contributed by atoms with E-state index in [4.69, 9.17) is 9.47 Å². The zero-order valence-electron chi connectivity index (χ0n) is 16.9. The molecule has 2 fully saturated rings. The minimum atomic E-state index is 0.0837. The number of rotatable bonds is 7. The number of likely N-dealkylation sites (tertiary alicyclic amines) is 1. The molecule has 0 bridgehead atoms. The summed E-state index contributed by atoms with van der Waals surface area (Å²) in [7, 11) is 1.62. The number of amides is 2. The predicted molar refractivity (Wildman–Crippen MR) is 106 cm³/mol. The molecule has 2 aliphatic heterocycles. The van der Waals surface area contributed by atoms with Gasteiger partial charge in [0, 0.05) is 46.2 Å². The second kappa shape index (κ2) is 9.89. The molecule has 3 rings (SSSR count). The summed E-state index contributed by atoms with van der Waals surface area (Å²) in [5.41, 5.74) is 0.948. The summed E-state index contributed by atoms with van der Waals surface area (Å²) in [5.74, 6) is 0.947. The van der Waals surface area contributed by atoms with E-state index in [0.29, 0.717) is 26.1 Å². The normalized spacial score (nSPS) is 20.2. The highest BCUT2D eigenvalue weighted by Crippen LogP contribution is 2.19. The van der Waals surface area contributed by atoms with Gasteiger partial charge in [0.05, 0.1) is 32.8 Å². The fourth-order valence-corrected chi connectivity index (χ4v) is 3.96. The van der Waals surface area contributed by atoms with E-state index in [0.717, 1.165) is 50.6 Å². The summed E-state index contributed by atoms with van der Waals surface area (Å²) in [6, 6.07) is 7.72. The number of hydrogen-bond donors (Lipinski definition) is 0. The molecule has 2 aliphatic rings. The molecule has 0 aliphatic carbocycles. The predicted octanol–water partition coefficient (Wildman–Crippen LogP) is 1.02. The first kappa shape index (κ1) is 20.6. The highest BCUT2D eigenvalue weighted by atomic mass is 16.5. The van der Waals surface area contributed by atoms with E-state index < -0.39 is 0 Å². The number of carbonyl (C=O) groups is 2. The maximum Gasteiger partial charge on any atom is 0.227 e. The third-order valence-electron chi connectivity index (χ3n) is 5.61. The van der Waals surface area contributed by atoms with E-state index in [9.17, 15) is 9.59 Å². The Bertz CT molecular complexity index is 675. The van der Waals surface area contributed by atoms with Crippen molar-refractivity contribution >= 4 is 11.8 Å². The van der Waals surface area contributed by atoms with E-state index in [1.54, 1.807) is 14.0 Å². The summed E-state index contributed by atoms with van der Waals surface area (Å²) in [6.07, 6.45) is 1.20. The van der Waals surface area contributed by atoms with Gasteiger partial charge in [0.1, 0.15) is 5.75 Å². The molecule has 154 valence electrons. The SMILES string of the molecule is COc1cccc(CC(=O)N2CCC(N(CCN3CCOCC3)C(C)=O)C2)c1. The zero-order valence-corrected chi connectivity index (χ0v) is 16.9. The molecule has 7 nitrogen and oxygen atoms in total. The van der Waals surface area contributed by atoms with E-state index in [1.165, 1.54) is 0 Å². The molecule has 1 unspecified atom stereocenters. The lowest BCUT2D eigenvalue weighted by Gasteiger charge is -2.32. The largest absolute Gasteiger partial charge is 0.497 e. The first-order valence-electron chi connectivity index (χ1n) is 10.0. The van der Waals surface area contributed by atoms with Crippen LogP contribution in [0.15, 0.2) is 24.3 Å². The zero-order chi connectivity index (χ0) is 19.9.